The predicted octanol–water partition coefficient (Wildman–Crippen LogP) is 3.05. The van der Waals surface area contributed by atoms with Gasteiger partial charge in [0.15, 0.2) is 0 Å². The third-order valence-electron chi connectivity index (χ3n) is 5.67. The molecule has 0 amide bonds. The maximum atomic E-state index is 10.3. The average Bonchev–Trinajstić information content (AvgIpc) is 3.33. The molecule has 0 bridgehead atoms. The zero-order chi connectivity index (χ0) is 19.8. The smallest absolute Gasteiger partial charge is 0.337 e. The van der Waals surface area contributed by atoms with Crippen LogP contribution in [0.25, 0.3) is 16.4 Å². The van der Waals surface area contributed by atoms with Gasteiger partial charge < -0.3 is 14.7 Å². The van der Waals surface area contributed by atoms with Crippen molar-refractivity contribution in [1.29, 1.82) is 0 Å². The van der Waals surface area contributed by atoms with Crippen LogP contribution in [-0.2, 0) is 6.42 Å². The van der Waals surface area contributed by atoms with Crippen LogP contribution in [0.1, 0.15) is 24.1 Å². The SMILES string of the molecule is CN1CCC[C@H]1COc1nc(O)c2ncc(Cc3ccc4ccccc4c3)n2n1. The van der Waals surface area contributed by atoms with Crippen molar-refractivity contribution in [3.05, 3.63) is 59.9 Å². The lowest BCUT2D eigenvalue weighted by molar-refractivity contribution is 0.184. The highest BCUT2D eigenvalue weighted by Gasteiger charge is 2.22. The Morgan fingerprint density at radius 2 is 2.03 bits per heavy atom. The summed E-state index contributed by atoms with van der Waals surface area (Å²) in [5.74, 6) is -0.167. The molecule has 29 heavy (non-hydrogen) atoms. The van der Waals surface area contributed by atoms with Gasteiger partial charge in [0.2, 0.25) is 5.65 Å². The molecule has 1 N–H and O–H groups in total. The van der Waals surface area contributed by atoms with E-state index >= 15 is 0 Å². The van der Waals surface area contributed by atoms with Crippen LogP contribution in [0.15, 0.2) is 48.7 Å². The van der Waals surface area contributed by atoms with Crippen molar-refractivity contribution in [2.75, 3.05) is 20.2 Å². The molecule has 1 fully saturated rings. The third kappa shape index (κ3) is 3.49. The summed E-state index contributed by atoms with van der Waals surface area (Å²) in [5, 5.41) is 17.2. The van der Waals surface area contributed by atoms with E-state index in [-0.39, 0.29) is 11.9 Å². The molecule has 2 aromatic carbocycles. The Morgan fingerprint density at radius 1 is 1.17 bits per heavy atom. The van der Waals surface area contributed by atoms with Crippen LogP contribution in [0.2, 0.25) is 0 Å². The van der Waals surface area contributed by atoms with Crippen LogP contribution in [-0.4, -0.2) is 55.8 Å². The van der Waals surface area contributed by atoms with E-state index in [9.17, 15) is 5.11 Å². The standard InChI is InChI=1S/C22H23N5O2/c1-26-10-4-7-18(26)14-29-22-24-21(28)20-23-13-19(27(20)25-22)12-15-8-9-16-5-2-3-6-17(16)11-15/h2-3,5-6,8-9,11,13,18H,4,7,10,12,14H2,1H3,(H,24,25,28)/t18-/m0/s1. The van der Waals surface area contributed by atoms with Gasteiger partial charge in [-0.3, -0.25) is 0 Å². The van der Waals surface area contributed by atoms with Gasteiger partial charge in [0.25, 0.3) is 5.88 Å². The van der Waals surface area contributed by atoms with Gasteiger partial charge in [0.05, 0.1) is 11.9 Å². The molecule has 5 rings (SSSR count). The number of imidazole rings is 1. The molecule has 0 spiro atoms. The van der Waals surface area contributed by atoms with E-state index in [1.807, 2.05) is 12.1 Å². The minimum atomic E-state index is -0.167. The molecular weight excluding hydrogens is 366 g/mol. The summed E-state index contributed by atoms with van der Waals surface area (Å²) in [7, 11) is 2.10. The molecule has 1 aliphatic rings. The Morgan fingerprint density at radius 3 is 2.86 bits per heavy atom. The minimum Gasteiger partial charge on any atom is -0.490 e. The van der Waals surface area contributed by atoms with E-state index in [1.54, 1.807) is 10.7 Å². The lowest BCUT2D eigenvalue weighted by atomic mass is 10.0. The number of aromatic hydroxyl groups is 1. The maximum Gasteiger partial charge on any atom is 0.337 e. The number of fused-ring (bicyclic) bond motifs is 2. The summed E-state index contributed by atoms with van der Waals surface area (Å²) in [5.41, 5.74) is 2.36. The molecule has 1 atom stereocenters. The lowest BCUT2D eigenvalue weighted by Gasteiger charge is -2.18. The Balaban J connectivity index is 1.42. The van der Waals surface area contributed by atoms with Gasteiger partial charge in [0, 0.05) is 12.5 Å². The summed E-state index contributed by atoms with van der Waals surface area (Å²) in [6, 6.07) is 15.2. The molecule has 0 aliphatic carbocycles. The number of aromatic nitrogens is 4. The molecule has 0 saturated carbocycles. The highest BCUT2D eigenvalue weighted by molar-refractivity contribution is 5.83. The van der Waals surface area contributed by atoms with Gasteiger partial charge in [-0.1, -0.05) is 42.5 Å². The number of likely N-dealkylation sites (N-methyl/N-ethyl adjacent to an activating group) is 1. The third-order valence-corrected chi connectivity index (χ3v) is 5.67. The summed E-state index contributed by atoms with van der Waals surface area (Å²) in [4.78, 5) is 10.6. The van der Waals surface area contributed by atoms with Gasteiger partial charge in [-0.05, 0) is 42.8 Å². The summed E-state index contributed by atoms with van der Waals surface area (Å²) < 4.78 is 7.44. The minimum absolute atomic E-state index is 0.167. The Kier molecular flexibility index (Phi) is 4.52. The zero-order valence-electron chi connectivity index (χ0n) is 16.3. The number of nitrogens with zero attached hydrogens (tertiary/aromatic N) is 5. The van der Waals surface area contributed by atoms with Crippen molar-refractivity contribution in [3.63, 3.8) is 0 Å². The number of ether oxygens (including phenoxy) is 1. The van der Waals surface area contributed by atoms with E-state index in [0.717, 1.165) is 24.2 Å². The van der Waals surface area contributed by atoms with Crippen molar-refractivity contribution in [2.45, 2.75) is 25.3 Å². The number of hydrogen-bond donors (Lipinski definition) is 1. The van der Waals surface area contributed by atoms with Crippen molar-refractivity contribution in [1.82, 2.24) is 24.5 Å². The first-order valence-corrected chi connectivity index (χ1v) is 9.92. The van der Waals surface area contributed by atoms with Gasteiger partial charge in [0.1, 0.15) is 6.61 Å². The highest BCUT2D eigenvalue weighted by Crippen LogP contribution is 2.22. The van der Waals surface area contributed by atoms with Crippen molar-refractivity contribution in [3.8, 4) is 11.9 Å². The molecule has 7 heteroatoms. The van der Waals surface area contributed by atoms with E-state index in [2.05, 4.69) is 57.3 Å². The Hall–Kier alpha value is -3.19. The normalized spacial score (nSPS) is 17.3. The van der Waals surface area contributed by atoms with Crippen LogP contribution in [0.4, 0.5) is 0 Å². The van der Waals surface area contributed by atoms with E-state index < -0.39 is 0 Å². The monoisotopic (exact) mass is 389 g/mol. The molecule has 0 radical (unpaired) electrons. The van der Waals surface area contributed by atoms with Gasteiger partial charge in [-0.2, -0.15) is 4.98 Å². The molecular formula is C22H23N5O2. The first kappa shape index (κ1) is 17.9. The molecule has 0 unspecified atom stereocenters. The fourth-order valence-corrected chi connectivity index (χ4v) is 3.99. The van der Waals surface area contributed by atoms with E-state index in [0.29, 0.717) is 24.7 Å². The molecule has 148 valence electrons. The fraction of sp³-hybridized carbons (Fsp3) is 0.318. The van der Waals surface area contributed by atoms with E-state index in [1.165, 1.54) is 17.2 Å². The van der Waals surface area contributed by atoms with Crippen LogP contribution in [0.5, 0.6) is 11.9 Å². The van der Waals surface area contributed by atoms with Gasteiger partial charge in [-0.15, -0.1) is 5.10 Å². The molecule has 2 aromatic heterocycles. The van der Waals surface area contributed by atoms with Crippen LogP contribution in [0.3, 0.4) is 0 Å². The summed E-state index contributed by atoms with van der Waals surface area (Å²) in [6.45, 7) is 1.59. The quantitative estimate of drug-likeness (QED) is 0.565. The first-order valence-electron chi connectivity index (χ1n) is 9.92. The molecule has 3 heterocycles. The van der Waals surface area contributed by atoms with Crippen LogP contribution < -0.4 is 4.74 Å². The van der Waals surface area contributed by atoms with Crippen molar-refractivity contribution in [2.24, 2.45) is 0 Å². The average molecular weight is 389 g/mol. The zero-order valence-corrected chi connectivity index (χ0v) is 16.3. The van der Waals surface area contributed by atoms with Gasteiger partial charge >= 0.3 is 6.01 Å². The Labute approximate surface area is 168 Å². The second-order valence-corrected chi connectivity index (χ2v) is 7.65. The fourth-order valence-electron chi connectivity index (χ4n) is 3.99. The first-order chi connectivity index (χ1) is 14.2. The topological polar surface area (TPSA) is 75.8 Å². The lowest BCUT2D eigenvalue weighted by Crippen LogP contribution is -2.31. The van der Waals surface area contributed by atoms with E-state index in [4.69, 9.17) is 4.74 Å². The number of likely N-dealkylation sites (tertiary alicyclic amines) is 1. The molecule has 4 aromatic rings. The van der Waals surface area contributed by atoms with Gasteiger partial charge in [-0.25, -0.2) is 9.50 Å². The van der Waals surface area contributed by atoms with Crippen molar-refractivity contribution < 1.29 is 9.84 Å². The van der Waals surface area contributed by atoms with Crippen LogP contribution in [0, 0.1) is 0 Å². The second kappa shape index (κ2) is 7.33. The largest absolute Gasteiger partial charge is 0.490 e. The Bertz CT molecular complexity index is 1170. The second-order valence-electron chi connectivity index (χ2n) is 7.65. The molecule has 7 nitrogen and oxygen atoms in total. The molecule has 1 aliphatic heterocycles. The summed E-state index contributed by atoms with van der Waals surface area (Å²) >= 11 is 0. The number of benzene rings is 2. The van der Waals surface area contributed by atoms with Crippen molar-refractivity contribution >= 4 is 16.4 Å². The van der Waals surface area contributed by atoms with Crippen LogP contribution >= 0.6 is 0 Å². The maximum absolute atomic E-state index is 10.3. The number of rotatable bonds is 5. The highest BCUT2D eigenvalue weighted by atomic mass is 16.5. The predicted molar refractivity (Wildman–Crippen MR) is 110 cm³/mol. The number of hydrogen-bond acceptors (Lipinski definition) is 6. The molecule has 1 saturated heterocycles. The summed E-state index contributed by atoms with van der Waals surface area (Å²) in [6.07, 6.45) is 4.65.